The third kappa shape index (κ3) is 3.52. The van der Waals surface area contributed by atoms with Gasteiger partial charge in [0.15, 0.2) is 0 Å². The van der Waals surface area contributed by atoms with Crippen LogP contribution in [0.1, 0.15) is 12.0 Å². The summed E-state index contributed by atoms with van der Waals surface area (Å²) in [4.78, 5) is 13.9. The van der Waals surface area contributed by atoms with Crippen molar-refractivity contribution in [3.8, 4) is 0 Å². The molecule has 2 rings (SSSR count). The minimum atomic E-state index is 0.111. The van der Waals surface area contributed by atoms with Gasteiger partial charge in [0, 0.05) is 13.1 Å². The third-order valence-electron chi connectivity index (χ3n) is 2.92. The zero-order valence-corrected chi connectivity index (χ0v) is 10.6. The Labute approximate surface area is 105 Å². The van der Waals surface area contributed by atoms with Gasteiger partial charge in [0.25, 0.3) is 0 Å². The van der Waals surface area contributed by atoms with Crippen molar-refractivity contribution >= 4 is 17.2 Å². The highest BCUT2D eigenvalue weighted by Gasteiger charge is 2.23. The Morgan fingerprint density at radius 3 is 3.24 bits per heavy atom. The number of morpholine rings is 1. The second-order valence-corrected chi connectivity index (χ2v) is 5.00. The first-order valence-electron chi connectivity index (χ1n) is 5.90. The van der Waals surface area contributed by atoms with Gasteiger partial charge in [-0.2, -0.15) is 11.3 Å². The van der Waals surface area contributed by atoms with Gasteiger partial charge in [0.05, 0.1) is 19.1 Å². The molecule has 4 nitrogen and oxygen atoms in total. The first kappa shape index (κ1) is 12.5. The van der Waals surface area contributed by atoms with Crippen LogP contribution in [0.2, 0.25) is 0 Å². The van der Waals surface area contributed by atoms with E-state index in [1.807, 2.05) is 21.7 Å². The maximum absolute atomic E-state index is 12.1. The molecule has 0 unspecified atom stereocenters. The average molecular weight is 254 g/mol. The summed E-state index contributed by atoms with van der Waals surface area (Å²) in [5.74, 6) is 0.189. The van der Waals surface area contributed by atoms with E-state index in [0.29, 0.717) is 32.7 Å². The third-order valence-corrected chi connectivity index (χ3v) is 3.65. The summed E-state index contributed by atoms with van der Waals surface area (Å²) in [6.45, 7) is 2.61. The van der Waals surface area contributed by atoms with Crippen molar-refractivity contribution < 1.29 is 9.53 Å². The van der Waals surface area contributed by atoms with E-state index in [1.54, 1.807) is 11.3 Å². The number of hydrogen-bond donors (Lipinski definition) is 1. The fourth-order valence-electron chi connectivity index (χ4n) is 1.99. The van der Waals surface area contributed by atoms with E-state index in [4.69, 9.17) is 10.5 Å². The van der Waals surface area contributed by atoms with Gasteiger partial charge in [-0.25, -0.2) is 0 Å². The van der Waals surface area contributed by atoms with Crippen LogP contribution < -0.4 is 5.73 Å². The SMILES string of the molecule is NCC[C@@H]1CN(C(=O)Cc2ccsc2)CCO1. The number of nitrogens with zero attached hydrogens (tertiary/aromatic N) is 1. The number of amides is 1. The van der Waals surface area contributed by atoms with Crippen LogP contribution >= 0.6 is 11.3 Å². The molecule has 1 saturated heterocycles. The number of carbonyl (C=O) groups is 1. The molecule has 0 radical (unpaired) electrons. The zero-order valence-electron chi connectivity index (χ0n) is 9.80. The molecule has 2 heterocycles. The average Bonchev–Trinajstić information content (AvgIpc) is 2.83. The highest BCUT2D eigenvalue weighted by atomic mass is 32.1. The maximum atomic E-state index is 12.1. The van der Waals surface area contributed by atoms with Crippen LogP contribution in [0.15, 0.2) is 16.8 Å². The fraction of sp³-hybridized carbons (Fsp3) is 0.583. The van der Waals surface area contributed by atoms with Crippen LogP contribution in [0.3, 0.4) is 0 Å². The topological polar surface area (TPSA) is 55.6 Å². The van der Waals surface area contributed by atoms with Crippen LogP contribution in [-0.4, -0.2) is 43.2 Å². The molecule has 94 valence electrons. The Hall–Kier alpha value is -0.910. The molecule has 0 saturated carbocycles. The minimum absolute atomic E-state index is 0.111. The summed E-state index contributed by atoms with van der Waals surface area (Å²) in [6, 6.07) is 2.00. The molecule has 0 bridgehead atoms. The van der Waals surface area contributed by atoms with Gasteiger partial charge >= 0.3 is 0 Å². The maximum Gasteiger partial charge on any atom is 0.227 e. The number of rotatable bonds is 4. The van der Waals surface area contributed by atoms with E-state index in [9.17, 15) is 4.79 Å². The molecule has 0 spiro atoms. The van der Waals surface area contributed by atoms with Crippen LogP contribution in [-0.2, 0) is 16.0 Å². The van der Waals surface area contributed by atoms with Gasteiger partial charge in [0.2, 0.25) is 5.91 Å². The summed E-state index contributed by atoms with van der Waals surface area (Å²) >= 11 is 1.62. The minimum Gasteiger partial charge on any atom is -0.374 e. The van der Waals surface area contributed by atoms with E-state index in [1.165, 1.54) is 0 Å². The van der Waals surface area contributed by atoms with Crippen molar-refractivity contribution in [2.24, 2.45) is 5.73 Å². The molecular formula is C12H18N2O2S. The van der Waals surface area contributed by atoms with Crippen molar-refractivity contribution in [3.05, 3.63) is 22.4 Å². The Morgan fingerprint density at radius 1 is 1.65 bits per heavy atom. The molecule has 0 aliphatic carbocycles. The first-order chi connectivity index (χ1) is 8.29. The quantitative estimate of drug-likeness (QED) is 0.867. The molecule has 1 aliphatic rings. The van der Waals surface area contributed by atoms with Gasteiger partial charge in [-0.3, -0.25) is 4.79 Å². The van der Waals surface area contributed by atoms with E-state index < -0.39 is 0 Å². The Morgan fingerprint density at radius 2 is 2.53 bits per heavy atom. The van der Waals surface area contributed by atoms with Gasteiger partial charge in [-0.1, -0.05) is 0 Å². The van der Waals surface area contributed by atoms with E-state index in [2.05, 4.69) is 0 Å². The number of nitrogens with two attached hydrogens (primary N) is 1. The lowest BCUT2D eigenvalue weighted by molar-refractivity contribution is -0.138. The molecule has 1 aliphatic heterocycles. The van der Waals surface area contributed by atoms with E-state index >= 15 is 0 Å². The van der Waals surface area contributed by atoms with Gasteiger partial charge in [0.1, 0.15) is 0 Å². The molecule has 1 aromatic rings. The standard InChI is InChI=1S/C12H18N2O2S/c13-3-1-11-8-14(4-5-16-11)12(15)7-10-2-6-17-9-10/h2,6,9,11H,1,3-5,7-8,13H2/t11-/m1/s1. The summed E-state index contributed by atoms with van der Waals surface area (Å²) in [7, 11) is 0. The second-order valence-electron chi connectivity index (χ2n) is 4.22. The molecule has 5 heteroatoms. The fourth-order valence-corrected chi connectivity index (χ4v) is 2.65. The molecule has 17 heavy (non-hydrogen) atoms. The lowest BCUT2D eigenvalue weighted by atomic mass is 10.1. The Bertz CT molecular complexity index is 351. The number of hydrogen-bond acceptors (Lipinski definition) is 4. The van der Waals surface area contributed by atoms with Gasteiger partial charge < -0.3 is 15.4 Å². The van der Waals surface area contributed by atoms with Crippen molar-refractivity contribution in [2.45, 2.75) is 18.9 Å². The highest BCUT2D eigenvalue weighted by molar-refractivity contribution is 7.07. The largest absolute Gasteiger partial charge is 0.374 e. The normalized spacial score (nSPS) is 20.5. The lowest BCUT2D eigenvalue weighted by Gasteiger charge is -2.32. The number of ether oxygens (including phenoxy) is 1. The summed E-state index contributed by atoms with van der Waals surface area (Å²) in [5, 5.41) is 4.02. The van der Waals surface area contributed by atoms with Crippen LogP contribution in [0.4, 0.5) is 0 Å². The summed E-state index contributed by atoms with van der Waals surface area (Å²) < 4.78 is 5.56. The molecule has 1 atom stereocenters. The second kappa shape index (κ2) is 6.14. The van der Waals surface area contributed by atoms with Gasteiger partial charge in [-0.05, 0) is 35.4 Å². The zero-order chi connectivity index (χ0) is 12.1. The van der Waals surface area contributed by atoms with Crippen molar-refractivity contribution in [1.29, 1.82) is 0 Å². The van der Waals surface area contributed by atoms with Crippen LogP contribution in [0, 0.1) is 0 Å². The van der Waals surface area contributed by atoms with Crippen LogP contribution in [0.5, 0.6) is 0 Å². The number of thiophene rings is 1. The molecule has 1 amide bonds. The van der Waals surface area contributed by atoms with Gasteiger partial charge in [-0.15, -0.1) is 0 Å². The molecular weight excluding hydrogens is 236 g/mol. The molecule has 1 aromatic heterocycles. The Balaban J connectivity index is 1.86. The lowest BCUT2D eigenvalue weighted by Crippen LogP contribution is -2.46. The predicted molar refractivity (Wildman–Crippen MR) is 68.0 cm³/mol. The molecule has 2 N–H and O–H groups in total. The van der Waals surface area contributed by atoms with Crippen LogP contribution in [0.25, 0.3) is 0 Å². The van der Waals surface area contributed by atoms with E-state index in [0.717, 1.165) is 12.0 Å². The van der Waals surface area contributed by atoms with Crippen molar-refractivity contribution in [3.63, 3.8) is 0 Å². The first-order valence-corrected chi connectivity index (χ1v) is 6.84. The Kier molecular flexibility index (Phi) is 4.53. The monoisotopic (exact) mass is 254 g/mol. The molecule has 1 fully saturated rings. The molecule has 0 aromatic carbocycles. The number of carbonyl (C=O) groups excluding carboxylic acids is 1. The van der Waals surface area contributed by atoms with E-state index in [-0.39, 0.29) is 12.0 Å². The van der Waals surface area contributed by atoms with Crippen molar-refractivity contribution in [1.82, 2.24) is 4.90 Å². The highest BCUT2D eigenvalue weighted by Crippen LogP contribution is 2.12. The smallest absolute Gasteiger partial charge is 0.227 e. The summed E-state index contributed by atoms with van der Waals surface area (Å²) in [6.07, 6.45) is 1.43. The predicted octanol–water partition coefficient (Wildman–Crippen LogP) is 0.867. The van der Waals surface area contributed by atoms with Crippen molar-refractivity contribution in [2.75, 3.05) is 26.2 Å². The summed E-state index contributed by atoms with van der Waals surface area (Å²) in [5.41, 5.74) is 6.61.